The van der Waals surface area contributed by atoms with Gasteiger partial charge in [0.05, 0.1) is 5.69 Å². The maximum Gasteiger partial charge on any atom is 0.271 e. The van der Waals surface area contributed by atoms with Gasteiger partial charge in [-0.1, -0.05) is 12.1 Å². The van der Waals surface area contributed by atoms with Gasteiger partial charge in [-0.2, -0.15) is 0 Å². The summed E-state index contributed by atoms with van der Waals surface area (Å²) in [4.78, 5) is 15.8. The highest BCUT2D eigenvalue weighted by Crippen LogP contribution is 2.26. The average molecular weight is 348 g/mol. The maximum absolute atomic E-state index is 12.3. The summed E-state index contributed by atoms with van der Waals surface area (Å²) in [5.74, 6) is -0.595. The molecule has 2 aromatic rings. The summed E-state index contributed by atoms with van der Waals surface area (Å²) in [6.45, 7) is 5.45. The van der Waals surface area contributed by atoms with Gasteiger partial charge in [-0.15, -0.1) is 0 Å². The van der Waals surface area contributed by atoms with Crippen molar-refractivity contribution in [3.63, 3.8) is 0 Å². The van der Waals surface area contributed by atoms with Gasteiger partial charge in [0, 0.05) is 17.9 Å². The number of pyridine rings is 1. The fraction of sp³-hybridized carbons (Fsp3) is 0.250. The van der Waals surface area contributed by atoms with Crippen molar-refractivity contribution in [1.29, 1.82) is 0 Å². The molecule has 24 heavy (non-hydrogen) atoms. The predicted molar refractivity (Wildman–Crippen MR) is 92.7 cm³/mol. The fourth-order valence-electron chi connectivity index (χ4n) is 2.21. The van der Waals surface area contributed by atoms with Gasteiger partial charge in [0.1, 0.15) is 10.6 Å². The van der Waals surface area contributed by atoms with Gasteiger partial charge in [-0.05, 0) is 44.5 Å². The van der Waals surface area contributed by atoms with E-state index in [4.69, 9.17) is 5.14 Å². The number of sulfonamides is 1. The Hall–Kier alpha value is -2.45. The van der Waals surface area contributed by atoms with E-state index in [-0.39, 0.29) is 22.3 Å². The van der Waals surface area contributed by atoms with Crippen LogP contribution >= 0.6 is 0 Å². The van der Waals surface area contributed by atoms with Crippen LogP contribution in [0.25, 0.3) is 0 Å². The Balaban J connectivity index is 2.54. The molecule has 7 nitrogen and oxygen atoms in total. The van der Waals surface area contributed by atoms with E-state index in [0.717, 1.165) is 5.56 Å². The number of hydrogen-bond donors (Lipinski definition) is 3. The number of nitrogens with one attached hydrogen (secondary N) is 2. The summed E-state index contributed by atoms with van der Waals surface area (Å²) in [7, 11) is -4.16. The van der Waals surface area contributed by atoms with Gasteiger partial charge >= 0.3 is 0 Å². The highest BCUT2D eigenvalue weighted by atomic mass is 32.2. The van der Waals surface area contributed by atoms with E-state index in [1.807, 2.05) is 25.1 Å². The summed E-state index contributed by atoms with van der Waals surface area (Å²) >= 11 is 0. The SMILES string of the molecule is Cc1cccc(Nc2ccnc(C(=O)NC(C)C)c2S(N)(=O)=O)c1. The normalized spacial score (nSPS) is 11.4. The zero-order valence-corrected chi connectivity index (χ0v) is 14.5. The van der Waals surface area contributed by atoms with Crippen molar-refractivity contribution in [3.05, 3.63) is 47.8 Å². The Bertz CT molecular complexity index is 863. The molecule has 0 atom stereocenters. The first-order chi connectivity index (χ1) is 11.2. The van der Waals surface area contributed by atoms with Crippen molar-refractivity contribution in [2.24, 2.45) is 5.14 Å². The lowest BCUT2D eigenvalue weighted by atomic mass is 10.2. The molecular weight excluding hydrogens is 328 g/mol. The van der Waals surface area contributed by atoms with Crippen molar-refractivity contribution in [2.45, 2.75) is 31.7 Å². The monoisotopic (exact) mass is 348 g/mol. The minimum absolute atomic E-state index is 0.166. The zero-order valence-electron chi connectivity index (χ0n) is 13.7. The molecule has 0 saturated heterocycles. The molecule has 1 amide bonds. The van der Waals surface area contributed by atoms with Crippen LogP contribution in [-0.4, -0.2) is 25.4 Å². The number of nitrogens with zero attached hydrogens (tertiary/aromatic N) is 1. The number of carbonyl (C=O) groups excluding carboxylic acids is 1. The van der Waals surface area contributed by atoms with Crippen LogP contribution in [0.2, 0.25) is 0 Å². The largest absolute Gasteiger partial charge is 0.354 e. The molecule has 0 radical (unpaired) electrons. The third-order valence-electron chi connectivity index (χ3n) is 3.12. The van der Waals surface area contributed by atoms with E-state index in [1.165, 1.54) is 12.3 Å². The van der Waals surface area contributed by atoms with Gasteiger partial charge in [0.15, 0.2) is 0 Å². The molecule has 4 N–H and O–H groups in total. The van der Waals surface area contributed by atoms with Gasteiger partial charge in [-0.25, -0.2) is 18.5 Å². The van der Waals surface area contributed by atoms with Gasteiger partial charge in [-0.3, -0.25) is 4.79 Å². The van der Waals surface area contributed by atoms with Crippen molar-refractivity contribution in [2.75, 3.05) is 5.32 Å². The lowest BCUT2D eigenvalue weighted by molar-refractivity contribution is 0.0934. The number of aryl methyl sites for hydroxylation is 1. The maximum atomic E-state index is 12.3. The Labute approximate surface area is 141 Å². The molecule has 1 aromatic heterocycles. The van der Waals surface area contributed by atoms with Crippen LogP contribution in [0.15, 0.2) is 41.4 Å². The molecule has 0 unspecified atom stereocenters. The minimum atomic E-state index is -4.16. The molecule has 0 saturated carbocycles. The van der Waals surface area contributed by atoms with Crippen molar-refractivity contribution >= 4 is 27.3 Å². The Morgan fingerprint density at radius 3 is 2.54 bits per heavy atom. The Morgan fingerprint density at radius 1 is 1.25 bits per heavy atom. The Morgan fingerprint density at radius 2 is 1.96 bits per heavy atom. The molecule has 2 rings (SSSR count). The molecule has 1 aromatic carbocycles. The second kappa shape index (κ2) is 6.98. The number of anilines is 2. The van der Waals surface area contributed by atoms with Gasteiger partial charge < -0.3 is 10.6 Å². The van der Waals surface area contributed by atoms with Crippen molar-refractivity contribution < 1.29 is 13.2 Å². The van der Waals surface area contributed by atoms with Gasteiger partial charge in [0.2, 0.25) is 10.0 Å². The van der Waals surface area contributed by atoms with Crippen LogP contribution in [0.5, 0.6) is 0 Å². The van der Waals surface area contributed by atoms with E-state index in [0.29, 0.717) is 5.69 Å². The standard InChI is InChI=1S/C16H20N4O3S/c1-10(2)19-16(21)14-15(24(17,22)23)13(7-8-18-14)20-12-6-4-5-11(3)9-12/h4-10H,1-3H3,(H,18,20)(H,19,21)(H2,17,22,23). The smallest absolute Gasteiger partial charge is 0.271 e. The molecule has 0 fully saturated rings. The molecule has 8 heteroatoms. The number of amides is 1. The molecular formula is C16H20N4O3S. The summed E-state index contributed by atoms with van der Waals surface area (Å²) in [6.07, 6.45) is 1.36. The van der Waals surface area contributed by atoms with Gasteiger partial charge in [0.25, 0.3) is 5.91 Å². The van der Waals surface area contributed by atoms with Crippen LogP contribution in [0.1, 0.15) is 29.9 Å². The quantitative estimate of drug-likeness (QED) is 0.764. The first-order valence-electron chi connectivity index (χ1n) is 7.35. The second-order valence-electron chi connectivity index (χ2n) is 5.70. The minimum Gasteiger partial charge on any atom is -0.354 e. The summed E-state index contributed by atoms with van der Waals surface area (Å²) in [5, 5.41) is 10.9. The average Bonchev–Trinajstić information content (AvgIpc) is 2.45. The number of primary sulfonamides is 1. The lowest BCUT2D eigenvalue weighted by Gasteiger charge is -2.15. The number of nitrogens with two attached hydrogens (primary N) is 1. The molecule has 0 aliphatic carbocycles. The van der Waals surface area contributed by atoms with E-state index in [1.54, 1.807) is 19.9 Å². The number of rotatable bonds is 5. The zero-order chi connectivity index (χ0) is 17.9. The first kappa shape index (κ1) is 17.9. The third kappa shape index (κ3) is 4.30. The highest BCUT2D eigenvalue weighted by Gasteiger charge is 2.25. The van der Waals surface area contributed by atoms with Crippen LogP contribution < -0.4 is 15.8 Å². The van der Waals surface area contributed by atoms with Crippen molar-refractivity contribution in [3.8, 4) is 0 Å². The highest BCUT2D eigenvalue weighted by molar-refractivity contribution is 7.89. The van der Waals surface area contributed by atoms with Crippen LogP contribution in [0, 0.1) is 6.92 Å². The number of hydrogen-bond acceptors (Lipinski definition) is 5. The van der Waals surface area contributed by atoms with Crippen molar-refractivity contribution in [1.82, 2.24) is 10.3 Å². The molecule has 128 valence electrons. The van der Waals surface area contributed by atoms with E-state index < -0.39 is 15.9 Å². The number of carbonyl (C=O) groups is 1. The topological polar surface area (TPSA) is 114 Å². The third-order valence-corrected chi connectivity index (χ3v) is 4.10. The Kier molecular flexibility index (Phi) is 5.20. The lowest BCUT2D eigenvalue weighted by Crippen LogP contribution is -2.33. The summed E-state index contributed by atoms with van der Waals surface area (Å²) in [6, 6.07) is 8.69. The van der Waals surface area contributed by atoms with Crippen LogP contribution in [0.4, 0.5) is 11.4 Å². The number of benzene rings is 1. The van der Waals surface area contributed by atoms with Crippen LogP contribution in [-0.2, 0) is 10.0 Å². The summed E-state index contributed by atoms with van der Waals surface area (Å²) < 4.78 is 24.1. The molecule has 0 bridgehead atoms. The number of aromatic nitrogens is 1. The van der Waals surface area contributed by atoms with Crippen LogP contribution in [0.3, 0.4) is 0 Å². The fourth-order valence-corrected chi connectivity index (χ4v) is 3.05. The summed E-state index contributed by atoms with van der Waals surface area (Å²) in [5.41, 5.74) is 1.65. The van der Waals surface area contributed by atoms with E-state index in [2.05, 4.69) is 15.6 Å². The molecule has 0 aliphatic heterocycles. The first-order valence-corrected chi connectivity index (χ1v) is 8.89. The molecule has 1 heterocycles. The second-order valence-corrected chi connectivity index (χ2v) is 7.20. The van der Waals surface area contributed by atoms with E-state index >= 15 is 0 Å². The molecule has 0 aliphatic rings. The van der Waals surface area contributed by atoms with E-state index in [9.17, 15) is 13.2 Å². The predicted octanol–water partition coefficient (Wildman–Crippen LogP) is 1.92. The molecule has 0 spiro atoms.